The zero-order valence-electron chi connectivity index (χ0n) is 18.5. The van der Waals surface area contributed by atoms with Gasteiger partial charge in [0.2, 0.25) is 0 Å². The van der Waals surface area contributed by atoms with Crippen LogP contribution in [-0.2, 0) is 4.79 Å². The number of rotatable bonds is 5. The second kappa shape index (κ2) is 9.13. The Bertz CT molecular complexity index is 1380. The van der Waals surface area contributed by atoms with Crippen molar-refractivity contribution in [1.29, 1.82) is 0 Å². The monoisotopic (exact) mass is 460 g/mol. The number of nitrogens with zero attached hydrogens (tertiary/aromatic N) is 3. The molecule has 2 aromatic carbocycles. The maximum Gasteiger partial charge on any atom is 0.163 e. The average Bonchev–Trinajstić information content (AvgIpc) is 2.87. The maximum absolute atomic E-state index is 13.9. The summed E-state index contributed by atoms with van der Waals surface area (Å²) < 4.78 is 33.1. The van der Waals surface area contributed by atoms with Crippen LogP contribution in [0.1, 0.15) is 25.7 Å². The molecule has 0 bridgehead atoms. The van der Waals surface area contributed by atoms with Crippen LogP contribution in [0.4, 0.5) is 14.6 Å². The molecule has 1 aliphatic rings. The van der Waals surface area contributed by atoms with Gasteiger partial charge in [-0.05, 0) is 60.4 Å². The van der Waals surface area contributed by atoms with Crippen LogP contribution in [0.5, 0.6) is 5.75 Å². The zero-order chi connectivity index (χ0) is 23.7. The number of nitrogens with one attached hydrogen (secondary N) is 1. The summed E-state index contributed by atoms with van der Waals surface area (Å²) >= 11 is 0. The summed E-state index contributed by atoms with van der Waals surface area (Å²) in [6.07, 6.45) is 6.41. The third-order valence-corrected chi connectivity index (χ3v) is 6.02. The van der Waals surface area contributed by atoms with Crippen molar-refractivity contribution >= 4 is 22.5 Å². The number of hydrogen-bond acceptors (Lipinski definition) is 6. The molecule has 0 amide bonds. The largest absolute Gasteiger partial charge is 0.494 e. The fraction of sp³-hybridized carbons (Fsp3) is 0.231. The van der Waals surface area contributed by atoms with Crippen LogP contribution < -0.4 is 10.1 Å². The van der Waals surface area contributed by atoms with Gasteiger partial charge < -0.3 is 10.1 Å². The summed E-state index contributed by atoms with van der Waals surface area (Å²) in [4.78, 5) is 26.2. The highest BCUT2D eigenvalue weighted by atomic mass is 19.2. The number of benzene rings is 2. The standard InChI is InChI=1S/C26H22F2N4O2/c1-34-23-13-17(15-8-9-19(27)20(28)12-15)11-18-24(23)31-25(16-5-4-10-29-14-16)32-26(18)30-21-6-2-3-7-22(21)33/h4-5,8-14,21H,2-3,6-7H2,1H3,(H,30,31,32). The number of Topliss-reactive ketones (excluding diaryl/α,β-unsaturated/α-hetero) is 1. The predicted octanol–water partition coefficient (Wildman–Crippen LogP) is 5.57. The van der Waals surface area contributed by atoms with Crippen molar-refractivity contribution in [2.45, 2.75) is 31.7 Å². The first-order valence-electron chi connectivity index (χ1n) is 11.1. The zero-order valence-corrected chi connectivity index (χ0v) is 18.5. The van der Waals surface area contributed by atoms with Crippen LogP contribution in [0, 0.1) is 11.6 Å². The van der Waals surface area contributed by atoms with Gasteiger partial charge in [0.25, 0.3) is 0 Å². The van der Waals surface area contributed by atoms with E-state index in [4.69, 9.17) is 14.7 Å². The third kappa shape index (κ3) is 4.19. The molecular weight excluding hydrogens is 438 g/mol. The number of ether oxygens (including phenoxy) is 1. The lowest BCUT2D eigenvalue weighted by Gasteiger charge is -2.23. The molecule has 0 saturated heterocycles. The average molecular weight is 460 g/mol. The molecule has 2 aromatic heterocycles. The fourth-order valence-corrected chi connectivity index (χ4v) is 4.23. The second-order valence-corrected chi connectivity index (χ2v) is 8.25. The highest BCUT2D eigenvalue weighted by Gasteiger charge is 2.24. The SMILES string of the molecule is COc1cc(-c2ccc(F)c(F)c2)cc2c(NC3CCCCC3=O)nc(-c3cccnc3)nc12. The van der Waals surface area contributed by atoms with Crippen LogP contribution in [-0.4, -0.2) is 33.9 Å². The number of carbonyl (C=O) groups excluding carboxylic acids is 1. The Hall–Kier alpha value is -3.94. The molecule has 1 unspecified atom stereocenters. The van der Waals surface area contributed by atoms with Crippen LogP contribution >= 0.6 is 0 Å². The van der Waals surface area contributed by atoms with E-state index < -0.39 is 11.6 Å². The highest BCUT2D eigenvalue weighted by molar-refractivity contribution is 5.99. The van der Waals surface area contributed by atoms with Crippen molar-refractivity contribution < 1.29 is 18.3 Å². The minimum atomic E-state index is -0.939. The Kier molecular flexibility index (Phi) is 5.88. The van der Waals surface area contributed by atoms with Crippen molar-refractivity contribution in [3.05, 3.63) is 66.5 Å². The van der Waals surface area contributed by atoms with E-state index in [0.29, 0.717) is 57.8 Å². The summed E-state index contributed by atoms with van der Waals surface area (Å²) in [6, 6.07) is 10.5. The molecular formula is C26H22F2N4O2. The fourth-order valence-electron chi connectivity index (χ4n) is 4.23. The molecule has 6 nitrogen and oxygen atoms in total. The van der Waals surface area contributed by atoms with E-state index in [9.17, 15) is 13.6 Å². The first-order chi connectivity index (χ1) is 16.5. The summed E-state index contributed by atoms with van der Waals surface area (Å²) in [6.45, 7) is 0. The van der Waals surface area contributed by atoms with Gasteiger partial charge in [-0.1, -0.05) is 12.5 Å². The van der Waals surface area contributed by atoms with Crippen molar-refractivity contribution in [3.63, 3.8) is 0 Å². The topological polar surface area (TPSA) is 77.0 Å². The third-order valence-electron chi connectivity index (χ3n) is 6.02. The smallest absolute Gasteiger partial charge is 0.163 e. The van der Waals surface area contributed by atoms with E-state index in [0.717, 1.165) is 25.0 Å². The molecule has 0 spiro atoms. The normalized spacial score (nSPS) is 16.0. The number of aromatic nitrogens is 3. The molecule has 2 heterocycles. The number of halogens is 2. The molecule has 0 radical (unpaired) electrons. The van der Waals surface area contributed by atoms with E-state index in [1.807, 2.05) is 6.07 Å². The Morgan fingerprint density at radius 1 is 1.00 bits per heavy atom. The highest BCUT2D eigenvalue weighted by Crippen LogP contribution is 2.37. The molecule has 4 aromatic rings. The van der Waals surface area contributed by atoms with Gasteiger partial charge >= 0.3 is 0 Å². The van der Waals surface area contributed by atoms with E-state index in [1.54, 1.807) is 30.6 Å². The van der Waals surface area contributed by atoms with Crippen LogP contribution in [0.15, 0.2) is 54.9 Å². The van der Waals surface area contributed by atoms with Gasteiger partial charge in [-0.3, -0.25) is 9.78 Å². The second-order valence-electron chi connectivity index (χ2n) is 8.25. The van der Waals surface area contributed by atoms with Gasteiger partial charge in [-0.2, -0.15) is 0 Å². The van der Waals surface area contributed by atoms with Crippen LogP contribution in [0.2, 0.25) is 0 Å². The van der Waals surface area contributed by atoms with Gasteiger partial charge in [-0.25, -0.2) is 18.7 Å². The molecule has 1 atom stereocenters. The number of methoxy groups -OCH3 is 1. The molecule has 0 aliphatic heterocycles. The van der Waals surface area contributed by atoms with E-state index in [1.165, 1.54) is 13.2 Å². The first-order valence-corrected chi connectivity index (χ1v) is 11.1. The number of pyridine rings is 1. The quantitative estimate of drug-likeness (QED) is 0.420. The molecule has 1 aliphatic carbocycles. The first kappa shape index (κ1) is 21.9. The van der Waals surface area contributed by atoms with Crippen molar-refractivity contribution in [3.8, 4) is 28.3 Å². The van der Waals surface area contributed by atoms with Gasteiger partial charge in [0.1, 0.15) is 17.1 Å². The van der Waals surface area contributed by atoms with Gasteiger partial charge in [0.15, 0.2) is 23.2 Å². The van der Waals surface area contributed by atoms with Gasteiger partial charge in [-0.15, -0.1) is 0 Å². The van der Waals surface area contributed by atoms with Crippen molar-refractivity contribution in [2.24, 2.45) is 0 Å². The molecule has 1 saturated carbocycles. The minimum absolute atomic E-state index is 0.143. The summed E-state index contributed by atoms with van der Waals surface area (Å²) in [7, 11) is 1.52. The Balaban J connectivity index is 1.72. The maximum atomic E-state index is 13.9. The van der Waals surface area contributed by atoms with E-state index in [2.05, 4.69) is 10.3 Å². The van der Waals surface area contributed by atoms with Gasteiger partial charge in [0.05, 0.1) is 13.2 Å². The predicted molar refractivity (Wildman–Crippen MR) is 126 cm³/mol. The molecule has 8 heteroatoms. The lowest BCUT2D eigenvalue weighted by atomic mass is 9.94. The van der Waals surface area contributed by atoms with E-state index >= 15 is 0 Å². The molecule has 5 rings (SSSR count). The number of ketones is 1. The number of hydrogen-bond donors (Lipinski definition) is 1. The van der Waals surface area contributed by atoms with Crippen LogP contribution in [0.3, 0.4) is 0 Å². The summed E-state index contributed by atoms with van der Waals surface area (Å²) in [5, 5.41) is 3.94. The number of carbonyl (C=O) groups is 1. The number of anilines is 1. The Morgan fingerprint density at radius 2 is 1.88 bits per heavy atom. The summed E-state index contributed by atoms with van der Waals surface area (Å²) in [5.41, 5.74) is 2.34. The van der Waals surface area contributed by atoms with Crippen molar-refractivity contribution in [2.75, 3.05) is 12.4 Å². The molecule has 1 fully saturated rings. The van der Waals surface area contributed by atoms with Crippen molar-refractivity contribution in [1.82, 2.24) is 15.0 Å². The molecule has 172 valence electrons. The molecule has 34 heavy (non-hydrogen) atoms. The lowest BCUT2D eigenvalue weighted by Crippen LogP contribution is -2.32. The number of fused-ring (bicyclic) bond motifs is 1. The molecule has 1 N–H and O–H groups in total. The van der Waals surface area contributed by atoms with E-state index in [-0.39, 0.29) is 11.8 Å². The van der Waals surface area contributed by atoms with Crippen LogP contribution in [0.25, 0.3) is 33.4 Å². The minimum Gasteiger partial charge on any atom is -0.494 e. The Morgan fingerprint density at radius 3 is 2.62 bits per heavy atom. The summed E-state index contributed by atoms with van der Waals surface area (Å²) in [5.74, 6) is -0.352. The Labute approximate surface area is 195 Å². The van der Waals surface area contributed by atoms with Gasteiger partial charge in [0, 0.05) is 29.8 Å². The lowest BCUT2D eigenvalue weighted by molar-refractivity contribution is -0.121.